The minimum Gasteiger partial charge on any atom is -0.379 e. The van der Waals surface area contributed by atoms with Gasteiger partial charge in [0.25, 0.3) is 0 Å². The normalized spacial score (nSPS) is 22.1. The van der Waals surface area contributed by atoms with Gasteiger partial charge in [0.2, 0.25) is 5.76 Å². The molecule has 2 aliphatic heterocycles. The average Bonchev–Trinajstić information content (AvgIpc) is 3.45. The Bertz CT molecular complexity index is 722. The number of rotatable bonds is 4. The van der Waals surface area contributed by atoms with Crippen LogP contribution >= 0.6 is 0 Å². The zero-order valence-corrected chi connectivity index (χ0v) is 15.8. The summed E-state index contributed by atoms with van der Waals surface area (Å²) < 4.78 is 20.4. The number of hydrogen-bond acceptors (Lipinski definition) is 8. The Hall–Kier alpha value is -2.44. The minimum absolute atomic E-state index is 0.346. The van der Waals surface area contributed by atoms with Crippen LogP contribution in [0.3, 0.4) is 0 Å². The lowest BCUT2D eigenvalue weighted by Gasteiger charge is -2.22. The van der Waals surface area contributed by atoms with Crippen LogP contribution in [0.1, 0.15) is 24.4 Å². The highest BCUT2D eigenvalue weighted by Crippen LogP contribution is 2.04. The molecule has 2 atom stereocenters. The van der Waals surface area contributed by atoms with Crippen molar-refractivity contribution >= 4 is 6.08 Å². The molecule has 2 aliphatic rings. The second-order valence-electron chi connectivity index (χ2n) is 6.39. The smallest absolute Gasteiger partial charge is 0.209 e. The van der Waals surface area contributed by atoms with E-state index >= 15 is 0 Å². The van der Waals surface area contributed by atoms with Gasteiger partial charge >= 0.3 is 0 Å². The molecule has 0 radical (unpaired) electrons. The summed E-state index contributed by atoms with van der Waals surface area (Å²) >= 11 is 0. The minimum atomic E-state index is 0.346. The molecule has 2 unspecified atom stereocenters. The predicted molar refractivity (Wildman–Crippen MR) is 103 cm³/mol. The van der Waals surface area contributed by atoms with E-state index in [4.69, 9.17) is 18.5 Å². The third-order valence-electron chi connectivity index (χ3n) is 4.16. The molecule has 28 heavy (non-hydrogen) atoms. The van der Waals surface area contributed by atoms with Crippen LogP contribution in [0.2, 0.25) is 0 Å². The lowest BCUT2D eigenvalue weighted by molar-refractivity contribution is 0.0778. The van der Waals surface area contributed by atoms with Crippen molar-refractivity contribution in [3.63, 3.8) is 0 Å². The van der Waals surface area contributed by atoms with Crippen molar-refractivity contribution in [2.24, 2.45) is 0 Å². The number of ether oxygens (including phenoxy) is 2. The monoisotopic (exact) mass is 386 g/mol. The van der Waals surface area contributed by atoms with Gasteiger partial charge < -0.3 is 29.2 Å². The molecular formula is C20H26N4O4. The Morgan fingerprint density at radius 2 is 1.75 bits per heavy atom. The summed E-state index contributed by atoms with van der Waals surface area (Å²) in [7, 11) is 0. The van der Waals surface area contributed by atoms with Gasteiger partial charge in [0, 0.05) is 43.7 Å². The van der Waals surface area contributed by atoms with Crippen molar-refractivity contribution in [3.05, 3.63) is 42.1 Å². The van der Waals surface area contributed by atoms with Gasteiger partial charge in [-0.15, -0.1) is 0 Å². The fourth-order valence-corrected chi connectivity index (χ4v) is 2.72. The molecule has 0 amide bonds. The standard InChI is InChI=1S/C10H14N2O2.C10H12N2O2/c2*1(3-10-4-5-12-14-10)2-9-8-13-7-6-11-9/h1,3-5,9,11H,2,6-8H2;4-5,9,11H,2,6-8H2/b3-1-;. The maximum Gasteiger partial charge on any atom is 0.209 e. The first-order chi connectivity index (χ1) is 13.9. The van der Waals surface area contributed by atoms with Crippen molar-refractivity contribution in [1.29, 1.82) is 0 Å². The Morgan fingerprint density at radius 1 is 1.00 bits per heavy atom. The molecule has 4 heterocycles. The predicted octanol–water partition coefficient (Wildman–Crippen LogP) is 1.47. The maximum absolute atomic E-state index is 5.34. The average molecular weight is 386 g/mol. The Kier molecular flexibility index (Phi) is 8.77. The fraction of sp³-hybridized carbons (Fsp3) is 0.500. The van der Waals surface area contributed by atoms with Gasteiger partial charge in [-0.2, -0.15) is 0 Å². The third kappa shape index (κ3) is 7.66. The van der Waals surface area contributed by atoms with Gasteiger partial charge in [0.1, 0.15) is 0 Å². The van der Waals surface area contributed by atoms with Crippen molar-refractivity contribution in [2.45, 2.75) is 24.9 Å². The van der Waals surface area contributed by atoms with Gasteiger partial charge in [-0.25, -0.2) is 0 Å². The summed E-state index contributed by atoms with van der Waals surface area (Å²) in [6.07, 6.45) is 8.98. The maximum atomic E-state index is 5.34. The Balaban J connectivity index is 0.000000161. The summed E-state index contributed by atoms with van der Waals surface area (Å²) in [4.78, 5) is 0. The van der Waals surface area contributed by atoms with E-state index < -0.39 is 0 Å². The fourth-order valence-electron chi connectivity index (χ4n) is 2.72. The Morgan fingerprint density at radius 3 is 2.39 bits per heavy atom. The van der Waals surface area contributed by atoms with E-state index in [1.807, 2.05) is 12.1 Å². The highest BCUT2D eigenvalue weighted by molar-refractivity contribution is 5.41. The molecule has 0 spiro atoms. The summed E-state index contributed by atoms with van der Waals surface area (Å²) in [6, 6.07) is 4.36. The summed E-state index contributed by atoms with van der Waals surface area (Å²) in [5, 5.41) is 13.9. The van der Waals surface area contributed by atoms with Crippen LogP contribution in [0.5, 0.6) is 0 Å². The SMILES string of the molecule is C(#Cc1ccno1)CC1COCCN1.C(=C/c1ccno1)/CC1COCCN1. The molecule has 2 aromatic heterocycles. The molecule has 2 saturated heterocycles. The van der Waals surface area contributed by atoms with Crippen LogP contribution in [-0.2, 0) is 9.47 Å². The van der Waals surface area contributed by atoms with Crippen molar-refractivity contribution in [3.8, 4) is 11.8 Å². The van der Waals surface area contributed by atoms with E-state index in [1.54, 1.807) is 18.5 Å². The lowest BCUT2D eigenvalue weighted by atomic mass is 10.2. The lowest BCUT2D eigenvalue weighted by Crippen LogP contribution is -2.40. The van der Waals surface area contributed by atoms with Crippen molar-refractivity contribution in [1.82, 2.24) is 20.9 Å². The molecule has 0 aliphatic carbocycles. The topological polar surface area (TPSA) is 94.6 Å². The largest absolute Gasteiger partial charge is 0.379 e. The second-order valence-corrected chi connectivity index (χ2v) is 6.39. The van der Waals surface area contributed by atoms with Crippen LogP contribution in [0.4, 0.5) is 0 Å². The number of aromatic nitrogens is 2. The first-order valence-electron chi connectivity index (χ1n) is 9.49. The van der Waals surface area contributed by atoms with Crippen LogP contribution in [0, 0.1) is 11.8 Å². The molecule has 150 valence electrons. The van der Waals surface area contributed by atoms with Crippen LogP contribution in [0.15, 0.2) is 39.6 Å². The molecular weight excluding hydrogens is 360 g/mol. The number of morpholine rings is 2. The molecule has 2 fully saturated rings. The van der Waals surface area contributed by atoms with Crippen molar-refractivity contribution < 1.29 is 18.5 Å². The Labute approximate surface area is 164 Å². The van der Waals surface area contributed by atoms with Gasteiger partial charge in [0.15, 0.2) is 5.76 Å². The summed E-state index contributed by atoms with van der Waals surface area (Å²) in [6.45, 7) is 5.01. The van der Waals surface area contributed by atoms with E-state index in [0.29, 0.717) is 17.8 Å². The van der Waals surface area contributed by atoms with E-state index in [9.17, 15) is 0 Å². The molecule has 0 aromatic carbocycles. The first-order valence-corrected chi connectivity index (χ1v) is 9.49. The van der Waals surface area contributed by atoms with E-state index in [2.05, 4.69) is 38.9 Å². The molecule has 4 rings (SSSR count). The van der Waals surface area contributed by atoms with E-state index in [0.717, 1.165) is 58.1 Å². The number of nitrogens with zero attached hydrogens (tertiary/aromatic N) is 2. The van der Waals surface area contributed by atoms with Crippen LogP contribution in [0.25, 0.3) is 6.08 Å². The molecule has 2 N–H and O–H groups in total. The van der Waals surface area contributed by atoms with Gasteiger partial charge in [-0.1, -0.05) is 22.3 Å². The van der Waals surface area contributed by atoms with E-state index in [1.165, 1.54) is 0 Å². The highest BCUT2D eigenvalue weighted by Gasteiger charge is 2.11. The van der Waals surface area contributed by atoms with E-state index in [-0.39, 0.29) is 0 Å². The van der Waals surface area contributed by atoms with Crippen LogP contribution in [-0.4, -0.2) is 61.9 Å². The summed E-state index contributed by atoms with van der Waals surface area (Å²) in [5.41, 5.74) is 0. The molecule has 8 heteroatoms. The zero-order chi connectivity index (χ0) is 19.3. The zero-order valence-electron chi connectivity index (χ0n) is 15.8. The third-order valence-corrected chi connectivity index (χ3v) is 4.16. The van der Waals surface area contributed by atoms with Gasteiger partial charge in [-0.05, 0) is 18.4 Å². The molecule has 2 aromatic rings. The number of nitrogens with one attached hydrogen (secondary N) is 2. The number of hydrogen-bond donors (Lipinski definition) is 2. The highest BCUT2D eigenvalue weighted by atomic mass is 16.5. The second kappa shape index (κ2) is 12.1. The molecule has 0 saturated carbocycles. The van der Waals surface area contributed by atoms with Crippen molar-refractivity contribution in [2.75, 3.05) is 39.5 Å². The quantitative estimate of drug-likeness (QED) is 0.763. The molecule has 8 nitrogen and oxygen atoms in total. The van der Waals surface area contributed by atoms with Crippen LogP contribution < -0.4 is 10.6 Å². The van der Waals surface area contributed by atoms with Gasteiger partial charge in [-0.3, -0.25) is 0 Å². The summed E-state index contributed by atoms with van der Waals surface area (Å²) in [5.74, 6) is 7.33. The van der Waals surface area contributed by atoms with Gasteiger partial charge in [0.05, 0.1) is 38.8 Å². The first kappa shape index (κ1) is 20.3. The molecule has 0 bridgehead atoms.